The molecular weight excluding hydrogens is 499 g/mol. The SMILES string of the molecule is Cc1ccnc(-c2cc(CN3CCN(c4cc5c(cc4F)C(=O)N(C4CCC(=O)NC4=O)C5)CC3)ccn2)c1. The maximum atomic E-state index is 15.2. The van der Waals surface area contributed by atoms with E-state index in [4.69, 9.17) is 0 Å². The number of pyridine rings is 2. The van der Waals surface area contributed by atoms with Gasteiger partial charge in [0.2, 0.25) is 11.8 Å². The molecule has 200 valence electrons. The Balaban J connectivity index is 1.11. The van der Waals surface area contributed by atoms with Crippen molar-refractivity contribution in [3.63, 3.8) is 0 Å². The maximum absolute atomic E-state index is 15.2. The third-order valence-corrected chi connectivity index (χ3v) is 7.71. The molecule has 3 aliphatic rings. The standard InChI is InChI=1S/C29H29FN6O3/c1-18-4-6-31-23(12-18)24-13-19(5-7-32-24)16-34-8-10-35(11-9-34)26-14-20-17-36(29(39)21(20)15-22(26)30)25-2-3-27(37)33-28(25)38/h4-7,12-15,25H,2-3,8-11,16-17H2,1H3,(H,33,37,38). The molecule has 1 unspecified atom stereocenters. The Morgan fingerprint density at radius 1 is 0.974 bits per heavy atom. The Kier molecular flexibility index (Phi) is 6.56. The number of carbonyl (C=O) groups is 3. The second-order valence-electron chi connectivity index (χ2n) is 10.4. The van der Waals surface area contributed by atoms with Crippen molar-refractivity contribution in [2.24, 2.45) is 0 Å². The molecule has 3 aliphatic heterocycles. The predicted octanol–water partition coefficient (Wildman–Crippen LogP) is 2.67. The molecule has 2 saturated heterocycles. The Morgan fingerprint density at radius 2 is 1.72 bits per heavy atom. The summed E-state index contributed by atoms with van der Waals surface area (Å²) in [6, 6.07) is 10.4. The first-order valence-electron chi connectivity index (χ1n) is 13.2. The highest BCUT2D eigenvalue weighted by Gasteiger charge is 2.40. The molecule has 1 atom stereocenters. The van der Waals surface area contributed by atoms with Crippen LogP contribution >= 0.6 is 0 Å². The van der Waals surface area contributed by atoms with Crippen LogP contribution in [0, 0.1) is 12.7 Å². The van der Waals surface area contributed by atoms with E-state index >= 15 is 4.39 Å². The summed E-state index contributed by atoms with van der Waals surface area (Å²) in [5.74, 6) is -1.61. The van der Waals surface area contributed by atoms with E-state index in [1.165, 1.54) is 11.0 Å². The maximum Gasteiger partial charge on any atom is 0.255 e. The Morgan fingerprint density at radius 3 is 2.46 bits per heavy atom. The van der Waals surface area contributed by atoms with E-state index in [9.17, 15) is 14.4 Å². The number of nitrogens with one attached hydrogen (secondary N) is 1. The van der Waals surface area contributed by atoms with Crippen LogP contribution in [0.15, 0.2) is 48.8 Å². The summed E-state index contributed by atoms with van der Waals surface area (Å²) in [5, 5.41) is 2.30. The molecule has 5 heterocycles. The van der Waals surface area contributed by atoms with E-state index in [0.717, 1.165) is 42.1 Å². The number of hydrogen-bond acceptors (Lipinski definition) is 7. The van der Waals surface area contributed by atoms with Crippen molar-refractivity contribution in [3.8, 4) is 11.4 Å². The van der Waals surface area contributed by atoms with Crippen molar-refractivity contribution in [2.45, 2.75) is 38.9 Å². The fourth-order valence-corrected chi connectivity index (χ4v) is 5.61. The van der Waals surface area contributed by atoms with Gasteiger partial charge in [-0.25, -0.2) is 4.39 Å². The molecule has 39 heavy (non-hydrogen) atoms. The summed E-state index contributed by atoms with van der Waals surface area (Å²) >= 11 is 0. The number of nitrogens with zero attached hydrogens (tertiary/aromatic N) is 5. The number of aromatic nitrogens is 2. The zero-order valence-corrected chi connectivity index (χ0v) is 21.7. The van der Waals surface area contributed by atoms with Gasteiger partial charge in [-0.15, -0.1) is 0 Å². The first-order valence-corrected chi connectivity index (χ1v) is 13.2. The highest BCUT2D eigenvalue weighted by atomic mass is 19.1. The minimum Gasteiger partial charge on any atom is -0.367 e. The van der Waals surface area contributed by atoms with Gasteiger partial charge in [0.15, 0.2) is 0 Å². The topological polar surface area (TPSA) is 98.7 Å². The number of carbonyl (C=O) groups excluding carboxylic acids is 3. The zero-order chi connectivity index (χ0) is 27.1. The van der Waals surface area contributed by atoms with Crippen molar-refractivity contribution in [2.75, 3.05) is 31.1 Å². The van der Waals surface area contributed by atoms with Crippen LogP contribution in [0.2, 0.25) is 0 Å². The largest absolute Gasteiger partial charge is 0.367 e. The molecule has 0 radical (unpaired) electrons. The van der Waals surface area contributed by atoms with E-state index in [1.54, 1.807) is 12.3 Å². The molecule has 2 aromatic heterocycles. The highest BCUT2D eigenvalue weighted by Crippen LogP contribution is 2.33. The molecule has 0 bridgehead atoms. The van der Waals surface area contributed by atoms with Gasteiger partial charge in [-0.3, -0.25) is 34.6 Å². The molecule has 0 spiro atoms. The number of piperazine rings is 1. The summed E-state index contributed by atoms with van der Waals surface area (Å²) in [5.41, 5.74) is 5.44. The van der Waals surface area contributed by atoms with Gasteiger partial charge in [0.25, 0.3) is 5.91 Å². The molecule has 0 aliphatic carbocycles. The molecule has 1 N–H and O–H groups in total. The lowest BCUT2D eigenvalue weighted by Gasteiger charge is -2.36. The van der Waals surface area contributed by atoms with Gasteiger partial charge < -0.3 is 9.80 Å². The summed E-state index contributed by atoms with van der Waals surface area (Å²) in [6.07, 6.45) is 4.06. The van der Waals surface area contributed by atoms with E-state index in [-0.39, 0.29) is 36.8 Å². The zero-order valence-electron chi connectivity index (χ0n) is 21.7. The molecule has 2 fully saturated rings. The number of imide groups is 1. The first-order chi connectivity index (χ1) is 18.9. The molecule has 3 amide bonds. The highest BCUT2D eigenvalue weighted by molar-refractivity contribution is 6.05. The number of anilines is 1. The Bertz CT molecular complexity index is 1470. The van der Waals surface area contributed by atoms with Crippen LogP contribution in [0.3, 0.4) is 0 Å². The minimum absolute atomic E-state index is 0.185. The number of fused-ring (bicyclic) bond motifs is 1. The quantitative estimate of drug-likeness (QED) is 0.509. The molecule has 6 rings (SSSR count). The fraction of sp³-hybridized carbons (Fsp3) is 0.345. The van der Waals surface area contributed by atoms with Gasteiger partial charge in [-0.1, -0.05) is 0 Å². The van der Waals surface area contributed by atoms with Gasteiger partial charge in [-0.05, 0) is 66.4 Å². The van der Waals surface area contributed by atoms with Crippen LogP contribution in [0.1, 0.15) is 39.9 Å². The van der Waals surface area contributed by atoms with Crippen molar-refractivity contribution < 1.29 is 18.8 Å². The summed E-state index contributed by atoms with van der Waals surface area (Å²) in [7, 11) is 0. The predicted molar refractivity (Wildman–Crippen MR) is 142 cm³/mol. The summed E-state index contributed by atoms with van der Waals surface area (Å²) in [6.45, 7) is 5.85. The van der Waals surface area contributed by atoms with Crippen molar-refractivity contribution in [1.82, 2.24) is 25.1 Å². The second kappa shape index (κ2) is 10.2. The number of benzene rings is 1. The number of hydrogen-bond donors (Lipinski definition) is 1. The van der Waals surface area contributed by atoms with Crippen molar-refractivity contribution >= 4 is 23.4 Å². The lowest BCUT2D eigenvalue weighted by Crippen LogP contribution is -2.52. The number of halogens is 1. The smallest absolute Gasteiger partial charge is 0.255 e. The Labute approximate surface area is 225 Å². The number of amides is 3. The van der Waals surface area contributed by atoms with Gasteiger partial charge in [0, 0.05) is 63.6 Å². The number of aryl methyl sites for hydroxylation is 1. The van der Waals surface area contributed by atoms with Crippen LogP contribution < -0.4 is 10.2 Å². The average Bonchev–Trinajstić information content (AvgIpc) is 3.24. The molecule has 3 aromatic rings. The Hall–Kier alpha value is -4.18. The summed E-state index contributed by atoms with van der Waals surface area (Å²) < 4.78 is 15.2. The van der Waals surface area contributed by atoms with Crippen molar-refractivity contribution in [3.05, 3.63) is 76.9 Å². The number of piperidine rings is 1. The van der Waals surface area contributed by atoms with Crippen molar-refractivity contribution in [1.29, 1.82) is 0 Å². The normalized spacial score (nSPS) is 19.8. The molecule has 10 heteroatoms. The molecule has 1 aromatic carbocycles. The minimum atomic E-state index is -0.715. The van der Waals surface area contributed by atoms with Crippen LogP contribution in [0.25, 0.3) is 11.4 Å². The number of rotatable bonds is 5. The lowest BCUT2D eigenvalue weighted by molar-refractivity contribution is -0.136. The molecule has 0 saturated carbocycles. The van der Waals surface area contributed by atoms with Crippen LogP contribution in [-0.4, -0.2) is 69.7 Å². The van der Waals surface area contributed by atoms with Crippen LogP contribution in [0.5, 0.6) is 0 Å². The van der Waals surface area contributed by atoms with E-state index in [2.05, 4.69) is 26.3 Å². The second-order valence-corrected chi connectivity index (χ2v) is 10.4. The van der Waals surface area contributed by atoms with E-state index in [1.807, 2.05) is 36.2 Å². The van der Waals surface area contributed by atoms with Gasteiger partial charge in [0.05, 0.1) is 17.1 Å². The lowest BCUT2D eigenvalue weighted by atomic mass is 10.0. The molecular formula is C29H29FN6O3. The third kappa shape index (κ3) is 4.99. The van der Waals surface area contributed by atoms with E-state index < -0.39 is 17.8 Å². The van der Waals surface area contributed by atoms with Gasteiger partial charge >= 0.3 is 0 Å². The molecule has 9 nitrogen and oxygen atoms in total. The monoisotopic (exact) mass is 528 g/mol. The summed E-state index contributed by atoms with van der Waals surface area (Å²) in [4.78, 5) is 51.5. The van der Waals surface area contributed by atoms with Gasteiger partial charge in [0.1, 0.15) is 11.9 Å². The van der Waals surface area contributed by atoms with Crippen LogP contribution in [-0.2, 0) is 22.7 Å². The van der Waals surface area contributed by atoms with E-state index in [0.29, 0.717) is 24.3 Å². The third-order valence-electron chi connectivity index (χ3n) is 7.71. The van der Waals surface area contributed by atoms with Gasteiger partial charge in [-0.2, -0.15) is 0 Å². The average molecular weight is 529 g/mol. The fourth-order valence-electron chi connectivity index (χ4n) is 5.61. The first kappa shape index (κ1) is 25.1. The van der Waals surface area contributed by atoms with Crippen LogP contribution in [0.4, 0.5) is 10.1 Å².